The third kappa shape index (κ3) is 3.12. The number of aromatic carboxylic acids is 1. The largest absolute Gasteiger partial charge is 0.478 e. The normalized spacial score (nSPS) is 10.5. The van der Waals surface area contributed by atoms with Gasteiger partial charge in [0, 0.05) is 11.1 Å². The first-order chi connectivity index (χ1) is 13.2. The highest BCUT2D eigenvalue weighted by molar-refractivity contribution is 5.94. The maximum atomic E-state index is 11.3. The molecule has 4 aromatic rings. The lowest BCUT2D eigenvalue weighted by atomic mass is 10.0. The summed E-state index contributed by atoms with van der Waals surface area (Å²) >= 11 is 0. The summed E-state index contributed by atoms with van der Waals surface area (Å²) < 4.78 is 0. The lowest BCUT2D eigenvalue weighted by Crippen LogP contribution is -1.99. The minimum Gasteiger partial charge on any atom is -0.478 e. The quantitative estimate of drug-likeness (QED) is 0.586. The number of carboxylic acid groups (broad SMARTS) is 1. The number of nitrogens with zero attached hydrogens (tertiary/aromatic N) is 3. The molecular weight excluding hydrogens is 338 g/mol. The van der Waals surface area contributed by atoms with Crippen LogP contribution >= 0.6 is 0 Å². The van der Waals surface area contributed by atoms with Crippen LogP contribution in [0.4, 0.5) is 0 Å². The van der Waals surface area contributed by atoms with Gasteiger partial charge in [0.1, 0.15) is 0 Å². The minimum absolute atomic E-state index is 0.162. The molecule has 5 heteroatoms. The molecule has 0 aliphatic carbocycles. The van der Waals surface area contributed by atoms with Crippen molar-refractivity contribution in [3.63, 3.8) is 0 Å². The van der Waals surface area contributed by atoms with E-state index in [-0.39, 0.29) is 5.56 Å². The fourth-order valence-electron chi connectivity index (χ4n) is 2.89. The Morgan fingerprint density at radius 3 is 2.07 bits per heavy atom. The van der Waals surface area contributed by atoms with Gasteiger partial charge in [0.15, 0.2) is 0 Å². The Balaban J connectivity index is 1.99. The Morgan fingerprint density at radius 2 is 1.44 bits per heavy atom. The van der Waals surface area contributed by atoms with E-state index in [1.807, 2.05) is 42.5 Å². The van der Waals surface area contributed by atoms with Gasteiger partial charge in [0.05, 0.1) is 39.6 Å². The number of hydrogen-bond acceptors (Lipinski definition) is 4. The van der Waals surface area contributed by atoms with E-state index in [2.05, 4.69) is 6.07 Å². The van der Waals surface area contributed by atoms with Gasteiger partial charge in [-0.2, -0.15) is 5.26 Å². The van der Waals surface area contributed by atoms with Gasteiger partial charge in [0.2, 0.25) is 0 Å². The molecule has 128 valence electrons. The Labute approximate surface area is 155 Å². The average Bonchev–Trinajstić information content (AvgIpc) is 2.73. The molecule has 0 fully saturated rings. The van der Waals surface area contributed by atoms with Crippen molar-refractivity contribution in [2.24, 2.45) is 0 Å². The third-order valence-electron chi connectivity index (χ3n) is 4.25. The van der Waals surface area contributed by atoms with Gasteiger partial charge in [-0.05, 0) is 30.3 Å². The summed E-state index contributed by atoms with van der Waals surface area (Å²) in [6, 6.07) is 23.6. The fourth-order valence-corrected chi connectivity index (χ4v) is 2.89. The summed E-state index contributed by atoms with van der Waals surface area (Å²) in [5.41, 5.74) is 4.91. The molecule has 1 aromatic heterocycles. The molecule has 1 N–H and O–H groups in total. The monoisotopic (exact) mass is 351 g/mol. The highest BCUT2D eigenvalue weighted by Gasteiger charge is 2.14. The zero-order chi connectivity index (χ0) is 18.8. The number of carboxylic acids is 1. The molecule has 0 saturated heterocycles. The smallest absolute Gasteiger partial charge is 0.335 e. The number of fused-ring (bicyclic) bond motifs is 1. The molecule has 0 bridgehead atoms. The van der Waals surface area contributed by atoms with Gasteiger partial charge in [-0.15, -0.1) is 0 Å². The molecular formula is C22H13N3O2. The fraction of sp³-hybridized carbons (Fsp3) is 0. The molecule has 0 spiro atoms. The van der Waals surface area contributed by atoms with Crippen LogP contribution in [0.1, 0.15) is 15.9 Å². The van der Waals surface area contributed by atoms with Crippen molar-refractivity contribution in [3.05, 3.63) is 83.9 Å². The standard InChI is InChI=1S/C22H13N3O2/c23-13-14-6-8-16(9-7-14)21-20(15-4-2-1-3-5-15)24-18-11-10-17(22(26)27)12-19(18)25-21/h1-12H,(H,26,27). The zero-order valence-electron chi connectivity index (χ0n) is 14.1. The van der Waals surface area contributed by atoms with Crippen LogP contribution in [0.15, 0.2) is 72.8 Å². The van der Waals surface area contributed by atoms with Crippen LogP contribution in [-0.2, 0) is 0 Å². The Morgan fingerprint density at radius 1 is 0.815 bits per heavy atom. The first kappa shape index (κ1) is 16.4. The van der Waals surface area contributed by atoms with E-state index in [4.69, 9.17) is 15.2 Å². The van der Waals surface area contributed by atoms with E-state index in [9.17, 15) is 9.90 Å². The highest BCUT2D eigenvalue weighted by Crippen LogP contribution is 2.31. The number of rotatable bonds is 3. The average molecular weight is 351 g/mol. The molecule has 0 atom stereocenters. The van der Waals surface area contributed by atoms with Gasteiger partial charge in [-0.1, -0.05) is 42.5 Å². The first-order valence-electron chi connectivity index (χ1n) is 8.27. The second-order valence-electron chi connectivity index (χ2n) is 5.98. The Kier molecular flexibility index (Phi) is 4.07. The third-order valence-corrected chi connectivity index (χ3v) is 4.25. The second-order valence-corrected chi connectivity index (χ2v) is 5.98. The van der Waals surface area contributed by atoms with Crippen molar-refractivity contribution < 1.29 is 9.90 Å². The molecule has 0 saturated carbocycles. The second kappa shape index (κ2) is 6.70. The van der Waals surface area contributed by atoms with Crippen molar-refractivity contribution >= 4 is 17.0 Å². The van der Waals surface area contributed by atoms with Crippen LogP contribution in [-0.4, -0.2) is 21.0 Å². The summed E-state index contributed by atoms with van der Waals surface area (Å²) in [6.07, 6.45) is 0. The lowest BCUT2D eigenvalue weighted by Gasteiger charge is -2.11. The molecule has 4 rings (SSSR count). The van der Waals surface area contributed by atoms with Crippen molar-refractivity contribution in [1.82, 2.24) is 9.97 Å². The molecule has 27 heavy (non-hydrogen) atoms. The van der Waals surface area contributed by atoms with Gasteiger partial charge in [-0.25, -0.2) is 14.8 Å². The van der Waals surface area contributed by atoms with E-state index in [0.29, 0.717) is 28.0 Å². The molecule has 1 heterocycles. The predicted octanol–water partition coefficient (Wildman–Crippen LogP) is 4.53. The highest BCUT2D eigenvalue weighted by atomic mass is 16.4. The van der Waals surface area contributed by atoms with Gasteiger partial charge in [0.25, 0.3) is 0 Å². The summed E-state index contributed by atoms with van der Waals surface area (Å²) in [6.45, 7) is 0. The van der Waals surface area contributed by atoms with Crippen molar-refractivity contribution in [2.45, 2.75) is 0 Å². The Bertz CT molecular complexity index is 1190. The number of benzene rings is 3. The number of carbonyl (C=O) groups is 1. The number of hydrogen-bond donors (Lipinski definition) is 1. The summed E-state index contributed by atoms with van der Waals surface area (Å²) in [4.78, 5) is 20.7. The molecule has 0 radical (unpaired) electrons. The van der Waals surface area contributed by atoms with Crippen LogP contribution in [0.5, 0.6) is 0 Å². The summed E-state index contributed by atoms with van der Waals surface area (Å²) in [5, 5.41) is 18.3. The van der Waals surface area contributed by atoms with Crippen LogP contribution in [0.25, 0.3) is 33.5 Å². The topological polar surface area (TPSA) is 86.9 Å². The summed E-state index contributed by atoms with van der Waals surface area (Å²) in [7, 11) is 0. The first-order valence-corrected chi connectivity index (χ1v) is 8.27. The molecule has 0 unspecified atom stereocenters. The van der Waals surface area contributed by atoms with Crippen molar-refractivity contribution in [2.75, 3.05) is 0 Å². The van der Waals surface area contributed by atoms with E-state index >= 15 is 0 Å². The zero-order valence-corrected chi connectivity index (χ0v) is 14.1. The SMILES string of the molecule is N#Cc1ccc(-c2nc3cc(C(=O)O)ccc3nc2-c2ccccc2)cc1. The van der Waals surface area contributed by atoms with Gasteiger partial charge >= 0.3 is 5.97 Å². The molecule has 5 nitrogen and oxygen atoms in total. The minimum atomic E-state index is -1.01. The van der Waals surface area contributed by atoms with Crippen LogP contribution in [0.3, 0.4) is 0 Å². The Hall–Kier alpha value is -4.04. The van der Waals surface area contributed by atoms with E-state index in [0.717, 1.165) is 11.1 Å². The van der Waals surface area contributed by atoms with Crippen LogP contribution in [0.2, 0.25) is 0 Å². The number of nitriles is 1. The molecule has 0 aliphatic heterocycles. The van der Waals surface area contributed by atoms with Crippen LogP contribution < -0.4 is 0 Å². The lowest BCUT2D eigenvalue weighted by molar-refractivity contribution is 0.0697. The summed E-state index contributed by atoms with van der Waals surface area (Å²) in [5.74, 6) is -1.01. The molecule has 0 aliphatic rings. The molecule has 3 aromatic carbocycles. The molecule has 0 amide bonds. The van der Waals surface area contributed by atoms with E-state index in [1.165, 1.54) is 12.1 Å². The van der Waals surface area contributed by atoms with E-state index in [1.54, 1.807) is 18.2 Å². The van der Waals surface area contributed by atoms with Gasteiger partial charge < -0.3 is 5.11 Å². The maximum Gasteiger partial charge on any atom is 0.335 e. The van der Waals surface area contributed by atoms with Crippen LogP contribution in [0, 0.1) is 11.3 Å². The predicted molar refractivity (Wildman–Crippen MR) is 102 cm³/mol. The van der Waals surface area contributed by atoms with Gasteiger partial charge in [-0.3, -0.25) is 0 Å². The van der Waals surface area contributed by atoms with Crippen molar-refractivity contribution in [3.8, 4) is 28.6 Å². The van der Waals surface area contributed by atoms with E-state index < -0.39 is 5.97 Å². The number of aromatic nitrogens is 2. The van der Waals surface area contributed by atoms with Crippen molar-refractivity contribution in [1.29, 1.82) is 5.26 Å². The maximum absolute atomic E-state index is 11.3.